The summed E-state index contributed by atoms with van der Waals surface area (Å²) in [5, 5.41) is 4.16. The lowest BCUT2D eigenvalue weighted by Gasteiger charge is -2.33. The first-order valence-corrected chi connectivity index (χ1v) is 5.56. The number of nitrogens with one attached hydrogen (secondary N) is 1. The van der Waals surface area contributed by atoms with Crippen LogP contribution in [0.15, 0.2) is 15.7 Å². The molecule has 1 unspecified atom stereocenters. The van der Waals surface area contributed by atoms with Crippen LogP contribution < -0.4 is 5.32 Å². The quantitative estimate of drug-likeness (QED) is 0.710. The van der Waals surface area contributed by atoms with Gasteiger partial charge in [-0.3, -0.25) is 0 Å². The van der Waals surface area contributed by atoms with E-state index in [0.29, 0.717) is 5.92 Å². The van der Waals surface area contributed by atoms with Gasteiger partial charge in [-0.25, -0.2) is 4.99 Å². The number of aliphatic imine (C=N–C) groups is 1. The lowest BCUT2D eigenvalue weighted by Crippen LogP contribution is -2.42. The Morgan fingerprint density at radius 2 is 2.07 bits per heavy atom. The van der Waals surface area contributed by atoms with Gasteiger partial charge in [0, 0.05) is 5.92 Å². The van der Waals surface area contributed by atoms with E-state index < -0.39 is 0 Å². The third-order valence-corrected chi connectivity index (χ3v) is 3.18. The Morgan fingerprint density at radius 1 is 1.43 bits per heavy atom. The zero-order valence-electron chi connectivity index (χ0n) is 8.97. The summed E-state index contributed by atoms with van der Waals surface area (Å²) >= 11 is 6.37. The van der Waals surface area contributed by atoms with Gasteiger partial charge in [0.1, 0.15) is 0 Å². The van der Waals surface area contributed by atoms with Crippen molar-refractivity contribution in [2.75, 3.05) is 0 Å². The first-order chi connectivity index (χ1) is 6.50. The van der Waals surface area contributed by atoms with Crippen molar-refractivity contribution < 1.29 is 0 Å². The number of rotatable bonds is 1. The number of hydrogen-bond donors (Lipinski definition) is 1. The highest BCUT2D eigenvalue weighted by atomic mass is 35.5. The second-order valence-electron chi connectivity index (χ2n) is 5.23. The minimum atomic E-state index is 0.143. The van der Waals surface area contributed by atoms with Crippen molar-refractivity contribution in [1.82, 2.24) is 5.32 Å². The highest BCUT2D eigenvalue weighted by Gasteiger charge is 2.36. The van der Waals surface area contributed by atoms with E-state index in [4.69, 9.17) is 11.6 Å². The summed E-state index contributed by atoms with van der Waals surface area (Å²) in [5.41, 5.74) is 1.26. The van der Waals surface area contributed by atoms with Crippen LogP contribution >= 0.6 is 11.6 Å². The molecule has 1 atom stereocenters. The minimum Gasteiger partial charge on any atom is -0.368 e. The van der Waals surface area contributed by atoms with E-state index in [9.17, 15) is 0 Å². The third kappa shape index (κ3) is 1.81. The predicted octanol–water partition coefficient (Wildman–Crippen LogP) is 2.89. The van der Waals surface area contributed by atoms with Gasteiger partial charge in [0.15, 0.2) is 0 Å². The van der Waals surface area contributed by atoms with E-state index in [1.807, 2.05) is 0 Å². The van der Waals surface area contributed by atoms with E-state index in [1.165, 1.54) is 12.8 Å². The number of nitrogens with zero attached hydrogens (tertiary/aromatic N) is 1. The van der Waals surface area contributed by atoms with Crippen LogP contribution in [0.2, 0.25) is 0 Å². The molecular formula is C11H17ClN2. The highest BCUT2D eigenvalue weighted by Crippen LogP contribution is 2.43. The standard InChI is InChI=1S/C11H17ClN2/c1-11(2,3)10-8(12)9(7-4-5-7)13-6-14-10/h6-7,10H,4-5H2,1-3H3,(H,13,14). The largest absolute Gasteiger partial charge is 0.368 e. The summed E-state index contributed by atoms with van der Waals surface area (Å²) in [6.07, 6.45) is 4.30. The molecule has 0 bridgehead atoms. The van der Waals surface area contributed by atoms with Crippen molar-refractivity contribution >= 4 is 17.9 Å². The van der Waals surface area contributed by atoms with Crippen LogP contribution in [0.1, 0.15) is 33.6 Å². The molecule has 1 saturated carbocycles. The first-order valence-electron chi connectivity index (χ1n) is 5.18. The molecule has 2 nitrogen and oxygen atoms in total. The van der Waals surface area contributed by atoms with Crippen LogP contribution in [-0.4, -0.2) is 12.4 Å². The average Bonchev–Trinajstić information content (AvgIpc) is 2.85. The molecule has 1 N–H and O–H groups in total. The van der Waals surface area contributed by atoms with Crippen LogP contribution in [-0.2, 0) is 0 Å². The number of halogens is 1. The number of hydrogen-bond acceptors (Lipinski definition) is 2. The zero-order valence-corrected chi connectivity index (χ0v) is 9.73. The van der Waals surface area contributed by atoms with Gasteiger partial charge in [0.2, 0.25) is 0 Å². The molecule has 0 spiro atoms. The highest BCUT2D eigenvalue weighted by molar-refractivity contribution is 6.31. The van der Waals surface area contributed by atoms with E-state index in [0.717, 1.165) is 10.7 Å². The van der Waals surface area contributed by atoms with E-state index >= 15 is 0 Å². The Hall–Kier alpha value is -0.500. The molecule has 1 heterocycles. The molecule has 2 rings (SSSR count). The summed E-state index contributed by atoms with van der Waals surface area (Å²) in [6.45, 7) is 6.57. The second-order valence-corrected chi connectivity index (χ2v) is 5.64. The Labute approximate surface area is 90.4 Å². The maximum Gasteiger partial charge on any atom is 0.0888 e. The van der Waals surface area contributed by atoms with Gasteiger partial charge in [-0.1, -0.05) is 32.4 Å². The Kier molecular flexibility index (Phi) is 2.34. The lowest BCUT2D eigenvalue weighted by atomic mass is 9.85. The molecule has 14 heavy (non-hydrogen) atoms. The maximum atomic E-state index is 6.37. The van der Waals surface area contributed by atoms with Crippen LogP contribution in [0.25, 0.3) is 0 Å². The van der Waals surface area contributed by atoms with Crippen LogP contribution in [0.3, 0.4) is 0 Å². The molecule has 0 aromatic rings. The summed E-state index contributed by atoms with van der Waals surface area (Å²) in [7, 11) is 0. The van der Waals surface area contributed by atoms with Gasteiger partial charge in [-0.2, -0.15) is 0 Å². The van der Waals surface area contributed by atoms with Crippen molar-refractivity contribution in [1.29, 1.82) is 0 Å². The first kappa shape index (κ1) is 10.0. The molecule has 1 aliphatic heterocycles. The molecule has 3 heteroatoms. The Bertz CT molecular complexity index is 295. The molecule has 1 aliphatic carbocycles. The van der Waals surface area contributed by atoms with Crippen molar-refractivity contribution in [3.8, 4) is 0 Å². The molecular weight excluding hydrogens is 196 g/mol. The van der Waals surface area contributed by atoms with Gasteiger partial charge in [-0.05, 0) is 18.3 Å². The summed E-state index contributed by atoms with van der Waals surface area (Å²) < 4.78 is 0. The maximum absolute atomic E-state index is 6.37. The fourth-order valence-electron chi connectivity index (χ4n) is 1.75. The number of allylic oxidation sites excluding steroid dienone is 1. The minimum absolute atomic E-state index is 0.143. The summed E-state index contributed by atoms with van der Waals surface area (Å²) in [6, 6.07) is 0.220. The molecule has 2 aliphatic rings. The molecule has 1 fully saturated rings. The SMILES string of the molecule is CC(C)(C)C1NC=NC(C2CC2)=C1Cl. The predicted molar refractivity (Wildman–Crippen MR) is 60.5 cm³/mol. The Morgan fingerprint density at radius 3 is 2.57 bits per heavy atom. The lowest BCUT2D eigenvalue weighted by molar-refractivity contribution is 0.336. The normalized spacial score (nSPS) is 27.9. The Balaban J connectivity index is 2.26. The third-order valence-electron chi connectivity index (χ3n) is 2.77. The van der Waals surface area contributed by atoms with Gasteiger partial charge < -0.3 is 5.32 Å². The summed E-state index contributed by atoms with van der Waals surface area (Å²) in [5.74, 6) is 0.630. The smallest absolute Gasteiger partial charge is 0.0888 e. The molecule has 0 saturated heterocycles. The molecule has 0 radical (unpaired) electrons. The molecule has 0 aromatic heterocycles. The van der Waals surface area contributed by atoms with Gasteiger partial charge in [0.05, 0.1) is 23.1 Å². The van der Waals surface area contributed by atoms with Gasteiger partial charge in [-0.15, -0.1) is 0 Å². The van der Waals surface area contributed by atoms with Crippen molar-refractivity contribution in [2.45, 2.75) is 39.7 Å². The van der Waals surface area contributed by atoms with E-state index in [1.54, 1.807) is 6.34 Å². The summed E-state index contributed by atoms with van der Waals surface area (Å²) in [4.78, 5) is 4.35. The van der Waals surface area contributed by atoms with Crippen LogP contribution in [0.4, 0.5) is 0 Å². The van der Waals surface area contributed by atoms with Gasteiger partial charge >= 0.3 is 0 Å². The van der Waals surface area contributed by atoms with Crippen molar-refractivity contribution in [3.05, 3.63) is 10.7 Å². The topological polar surface area (TPSA) is 24.4 Å². The second kappa shape index (κ2) is 3.27. The van der Waals surface area contributed by atoms with Crippen LogP contribution in [0, 0.1) is 11.3 Å². The fraction of sp³-hybridized carbons (Fsp3) is 0.727. The van der Waals surface area contributed by atoms with E-state index in [-0.39, 0.29) is 11.5 Å². The molecule has 0 amide bonds. The monoisotopic (exact) mass is 212 g/mol. The molecule has 78 valence electrons. The van der Waals surface area contributed by atoms with E-state index in [2.05, 4.69) is 31.1 Å². The van der Waals surface area contributed by atoms with Gasteiger partial charge in [0.25, 0.3) is 0 Å². The zero-order chi connectivity index (χ0) is 10.3. The fourth-order valence-corrected chi connectivity index (χ4v) is 2.34. The average molecular weight is 213 g/mol. The van der Waals surface area contributed by atoms with Crippen molar-refractivity contribution in [3.63, 3.8) is 0 Å². The van der Waals surface area contributed by atoms with Crippen molar-refractivity contribution in [2.24, 2.45) is 16.3 Å². The van der Waals surface area contributed by atoms with Crippen LogP contribution in [0.5, 0.6) is 0 Å². The molecule has 0 aromatic carbocycles.